The van der Waals surface area contributed by atoms with Crippen molar-refractivity contribution in [2.45, 2.75) is 18.2 Å². The van der Waals surface area contributed by atoms with E-state index in [1.54, 1.807) is 0 Å². The number of aliphatic hydroxyl groups excluding tert-OH is 1. The summed E-state index contributed by atoms with van der Waals surface area (Å²) >= 11 is 5.28. The number of hydrogen-bond acceptors (Lipinski definition) is 2. The summed E-state index contributed by atoms with van der Waals surface area (Å²) in [7, 11) is 0. The highest BCUT2D eigenvalue weighted by Gasteiger charge is 2.28. The van der Waals surface area contributed by atoms with Crippen LogP contribution in [0.1, 0.15) is 6.92 Å². The van der Waals surface area contributed by atoms with Gasteiger partial charge < -0.3 is 10.4 Å². The largest absolute Gasteiger partial charge is 0.390 e. The van der Waals surface area contributed by atoms with E-state index >= 15 is 0 Å². The number of amides is 1. The van der Waals surface area contributed by atoms with Crippen molar-refractivity contribution in [3.8, 4) is 0 Å². The molecule has 0 aromatic rings. The minimum atomic E-state index is -3.28. The standard InChI is InChI=1S/C6H10ClF2NO2/c1-4(7)5(12)10-2-6(8,9)3-11/h4,11H,2-3H2,1H3,(H,10,12). The first kappa shape index (κ1) is 11.6. The van der Waals surface area contributed by atoms with Gasteiger partial charge in [-0.2, -0.15) is 0 Å². The first-order valence-corrected chi connectivity index (χ1v) is 3.73. The van der Waals surface area contributed by atoms with Crippen LogP contribution in [-0.4, -0.2) is 35.5 Å². The molecule has 6 heteroatoms. The first-order valence-electron chi connectivity index (χ1n) is 3.29. The monoisotopic (exact) mass is 201 g/mol. The number of rotatable bonds is 4. The van der Waals surface area contributed by atoms with E-state index in [1.165, 1.54) is 6.92 Å². The molecule has 3 nitrogen and oxygen atoms in total. The Hall–Kier alpha value is -0.420. The van der Waals surface area contributed by atoms with Crippen LogP contribution in [0.25, 0.3) is 0 Å². The van der Waals surface area contributed by atoms with E-state index < -0.39 is 30.4 Å². The molecule has 0 saturated heterocycles. The van der Waals surface area contributed by atoms with Gasteiger partial charge >= 0.3 is 0 Å². The molecule has 0 bridgehead atoms. The van der Waals surface area contributed by atoms with Crippen molar-refractivity contribution >= 4 is 17.5 Å². The third kappa shape index (κ3) is 4.46. The minimum absolute atomic E-state index is 0.676. The molecule has 0 spiro atoms. The Morgan fingerprint density at radius 3 is 2.58 bits per heavy atom. The van der Waals surface area contributed by atoms with Gasteiger partial charge in [0.2, 0.25) is 5.91 Å². The number of aliphatic hydroxyl groups is 1. The zero-order valence-corrected chi connectivity index (χ0v) is 7.24. The molecule has 0 aliphatic rings. The summed E-state index contributed by atoms with van der Waals surface area (Å²) in [5, 5.41) is 9.16. The zero-order valence-electron chi connectivity index (χ0n) is 6.48. The Kier molecular flexibility index (Phi) is 4.41. The number of halogens is 3. The quantitative estimate of drug-likeness (QED) is 0.646. The smallest absolute Gasteiger partial charge is 0.287 e. The van der Waals surface area contributed by atoms with Crippen molar-refractivity contribution in [1.82, 2.24) is 5.32 Å². The second-order valence-corrected chi connectivity index (χ2v) is 3.00. The summed E-state index contributed by atoms with van der Waals surface area (Å²) in [5.41, 5.74) is 0. The molecule has 72 valence electrons. The average molecular weight is 202 g/mol. The van der Waals surface area contributed by atoms with Crippen LogP contribution in [0, 0.1) is 0 Å². The highest BCUT2D eigenvalue weighted by atomic mass is 35.5. The van der Waals surface area contributed by atoms with Gasteiger partial charge in [0.1, 0.15) is 12.0 Å². The summed E-state index contributed by atoms with van der Waals surface area (Å²) in [5.74, 6) is -3.95. The van der Waals surface area contributed by atoms with Crippen molar-refractivity contribution in [1.29, 1.82) is 0 Å². The van der Waals surface area contributed by atoms with Crippen molar-refractivity contribution in [2.75, 3.05) is 13.2 Å². The van der Waals surface area contributed by atoms with Gasteiger partial charge in [-0.25, -0.2) is 8.78 Å². The topological polar surface area (TPSA) is 49.3 Å². The predicted octanol–water partition coefficient (Wildman–Crippen LogP) is 0.357. The molecule has 0 aromatic heterocycles. The van der Waals surface area contributed by atoms with Crippen LogP contribution in [-0.2, 0) is 4.79 Å². The molecule has 1 atom stereocenters. The fraction of sp³-hybridized carbons (Fsp3) is 0.833. The fourth-order valence-corrected chi connectivity index (χ4v) is 0.490. The van der Waals surface area contributed by atoms with E-state index in [0.29, 0.717) is 0 Å². The van der Waals surface area contributed by atoms with Crippen LogP contribution >= 0.6 is 11.6 Å². The zero-order chi connectivity index (χ0) is 9.78. The maximum Gasteiger partial charge on any atom is 0.287 e. The van der Waals surface area contributed by atoms with Gasteiger partial charge in [-0.05, 0) is 6.92 Å². The number of hydrogen-bond donors (Lipinski definition) is 2. The van der Waals surface area contributed by atoms with Crippen LogP contribution in [0.2, 0.25) is 0 Å². The van der Waals surface area contributed by atoms with E-state index in [-0.39, 0.29) is 0 Å². The van der Waals surface area contributed by atoms with Crippen molar-refractivity contribution in [3.63, 3.8) is 0 Å². The van der Waals surface area contributed by atoms with E-state index in [0.717, 1.165) is 0 Å². The molecule has 0 radical (unpaired) electrons. The molecule has 12 heavy (non-hydrogen) atoms. The van der Waals surface area contributed by atoms with Gasteiger partial charge in [0.25, 0.3) is 5.92 Å². The number of alkyl halides is 3. The summed E-state index contributed by atoms with van der Waals surface area (Å²) in [6.07, 6.45) is 0. The molecule has 0 fully saturated rings. The van der Waals surface area contributed by atoms with Crippen molar-refractivity contribution in [2.24, 2.45) is 0 Å². The van der Waals surface area contributed by atoms with Gasteiger partial charge in [0, 0.05) is 0 Å². The highest BCUT2D eigenvalue weighted by molar-refractivity contribution is 6.30. The van der Waals surface area contributed by atoms with Gasteiger partial charge in [0.05, 0.1) is 6.54 Å². The van der Waals surface area contributed by atoms with E-state index in [1.807, 2.05) is 5.32 Å². The third-order valence-electron chi connectivity index (χ3n) is 1.11. The maximum absolute atomic E-state index is 12.3. The highest BCUT2D eigenvalue weighted by Crippen LogP contribution is 2.09. The molecule has 1 unspecified atom stereocenters. The molecular weight excluding hydrogens is 192 g/mol. The molecular formula is C6H10ClF2NO2. The Labute approximate surface area is 73.7 Å². The molecule has 2 N–H and O–H groups in total. The Bertz CT molecular complexity index is 164. The first-order chi connectivity index (χ1) is 5.39. The number of nitrogens with one attached hydrogen (secondary N) is 1. The molecule has 0 heterocycles. The van der Waals surface area contributed by atoms with Crippen molar-refractivity contribution in [3.05, 3.63) is 0 Å². The van der Waals surface area contributed by atoms with Gasteiger partial charge in [-0.3, -0.25) is 4.79 Å². The third-order valence-corrected chi connectivity index (χ3v) is 1.31. The second-order valence-electron chi connectivity index (χ2n) is 2.35. The average Bonchev–Trinajstić information content (AvgIpc) is 2.00. The van der Waals surface area contributed by atoms with E-state index in [2.05, 4.69) is 0 Å². The lowest BCUT2D eigenvalue weighted by Crippen LogP contribution is -2.41. The van der Waals surface area contributed by atoms with E-state index in [4.69, 9.17) is 16.7 Å². The normalized spacial score (nSPS) is 14.1. The summed E-state index contributed by atoms with van der Waals surface area (Å²) < 4.78 is 24.5. The van der Waals surface area contributed by atoms with Crippen molar-refractivity contribution < 1.29 is 18.7 Å². The summed E-state index contributed by atoms with van der Waals surface area (Å²) in [4.78, 5) is 10.6. The summed E-state index contributed by atoms with van der Waals surface area (Å²) in [6, 6.07) is 0. The molecule has 0 aliphatic heterocycles. The molecule has 0 saturated carbocycles. The van der Waals surface area contributed by atoms with Gasteiger partial charge in [0.15, 0.2) is 0 Å². The second kappa shape index (κ2) is 4.57. The number of carbonyl (C=O) groups is 1. The predicted molar refractivity (Wildman–Crippen MR) is 40.4 cm³/mol. The lowest BCUT2D eigenvalue weighted by atomic mass is 10.3. The van der Waals surface area contributed by atoms with E-state index in [9.17, 15) is 13.6 Å². The Balaban J connectivity index is 3.76. The molecule has 0 aliphatic carbocycles. The van der Waals surface area contributed by atoms with Crippen LogP contribution in [0.3, 0.4) is 0 Å². The fourth-order valence-electron chi connectivity index (χ4n) is 0.413. The Morgan fingerprint density at radius 2 is 2.25 bits per heavy atom. The van der Waals surface area contributed by atoms with Gasteiger partial charge in [-0.15, -0.1) is 11.6 Å². The SMILES string of the molecule is CC(Cl)C(=O)NCC(F)(F)CO. The van der Waals surface area contributed by atoms with Crippen LogP contribution in [0.15, 0.2) is 0 Å². The van der Waals surface area contributed by atoms with Gasteiger partial charge in [-0.1, -0.05) is 0 Å². The maximum atomic E-state index is 12.3. The Morgan fingerprint density at radius 1 is 1.75 bits per heavy atom. The summed E-state index contributed by atoms with van der Waals surface area (Å²) in [6.45, 7) is -0.808. The minimum Gasteiger partial charge on any atom is -0.390 e. The lowest BCUT2D eigenvalue weighted by molar-refractivity contribution is -0.123. The number of carbonyl (C=O) groups excluding carboxylic acids is 1. The lowest BCUT2D eigenvalue weighted by Gasteiger charge is -2.14. The van der Waals surface area contributed by atoms with Crippen LogP contribution < -0.4 is 5.32 Å². The molecule has 0 rings (SSSR count). The molecule has 1 amide bonds. The molecule has 0 aromatic carbocycles. The van der Waals surface area contributed by atoms with Crippen LogP contribution in [0.5, 0.6) is 0 Å². The van der Waals surface area contributed by atoms with Crippen LogP contribution in [0.4, 0.5) is 8.78 Å².